The van der Waals surface area contributed by atoms with Crippen LogP contribution < -0.4 is 4.90 Å². The summed E-state index contributed by atoms with van der Waals surface area (Å²) >= 11 is 0. The van der Waals surface area contributed by atoms with Gasteiger partial charge in [0, 0.05) is 37.4 Å². The molecule has 0 aliphatic carbocycles. The SMILES string of the molecule is c1ccc(-c2nnn(CN3CCN(c4ccccc4)CC3)n2)cc1. The number of rotatable bonds is 4. The van der Waals surface area contributed by atoms with Crippen molar-refractivity contribution in [1.29, 1.82) is 0 Å². The molecular weight excluding hydrogens is 300 g/mol. The van der Waals surface area contributed by atoms with Crippen molar-refractivity contribution >= 4 is 5.69 Å². The first kappa shape index (κ1) is 14.8. The molecule has 122 valence electrons. The molecule has 0 radical (unpaired) electrons. The van der Waals surface area contributed by atoms with Gasteiger partial charge in [-0.1, -0.05) is 48.5 Å². The maximum absolute atomic E-state index is 4.49. The Kier molecular flexibility index (Phi) is 4.20. The molecule has 0 bridgehead atoms. The lowest BCUT2D eigenvalue weighted by molar-refractivity contribution is 0.182. The van der Waals surface area contributed by atoms with Crippen LogP contribution in [-0.4, -0.2) is 51.3 Å². The predicted molar refractivity (Wildman–Crippen MR) is 93.5 cm³/mol. The van der Waals surface area contributed by atoms with E-state index in [0.717, 1.165) is 31.7 Å². The van der Waals surface area contributed by atoms with Gasteiger partial charge in [-0.05, 0) is 17.3 Å². The third-order valence-electron chi connectivity index (χ3n) is 4.30. The molecule has 24 heavy (non-hydrogen) atoms. The van der Waals surface area contributed by atoms with Crippen molar-refractivity contribution in [3.8, 4) is 11.4 Å². The van der Waals surface area contributed by atoms with E-state index < -0.39 is 0 Å². The fourth-order valence-electron chi connectivity index (χ4n) is 2.97. The first-order valence-corrected chi connectivity index (χ1v) is 8.24. The molecule has 3 aromatic rings. The second kappa shape index (κ2) is 6.80. The molecule has 0 unspecified atom stereocenters. The van der Waals surface area contributed by atoms with Gasteiger partial charge in [-0.3, -0.25) is 4.90 Å². The molecule has 0 N–H and O–H groups in total. The monoisotopic (exact) mass is 320 g/mol. The summed E-state index contributed by atoms with van der Waals surface area (Å²) in [5.74, 6) is 0.679. The van der Waals surface area contributed by atoms with Gasteiger partial charge in [-0.15, -0.1) is 15.0 Å². The van der Waals surface area contributed by atoms with Crippen molar-refractivity contribution in [3.05, 3.63) is 60.7 Å². The van der Waals surface area contributed by atoms with E-state index in [1.807, 2.05) is 30.3 Å². The molecule has 1 aromatic heterocycles. The van der Waals surface area contributed by atoms with Gasteiger partial charge in [-0.25, -0.2) is 0 Å². The highest BCUT2D eigenvalue weighted by Gasteiger charge is 2.18. The number of hydrogen-bond donors (Lipinski definition) is 0. The van der Waals surface area contributed by atoms with Gasteiger partial charge >= 0.3 is 0 Å². The lowest BCUT2D eigenvalue weighted by Gasteiger charge is -2.35. The van der Waals surface area contributed by atoms with Crippen LogP contribution in [0.5, 0.6) is 0 Å². The summed E-state index contributed by atoms with van der Waals surface area (Å²) in [7, 11) is 0. The Hall–Kier alpha value is -2.73. The van der Waals surface area contributed by atoms with Crippen molar-refractivity contribution in [1.82, 2.24) is 25.1 Å². The van der Waals surface area contributed by atoms with Gasteiger partial charge in [0.1, 0.15) is 6.67 Å². The summed E-state index contributed by atoms with van der Waals surface area (Å²) < 4.78 is 0. The summed E-state index contributed by atoms with van der Waals surface area (Å²) in [6.45, 7) is 4.71. The lowest BCUT2D eigenvalue weighted by Crippen LogP contribution is -2.47. The Morgan fingerprint density at radius 2 is 1.46 bits per heavy atom. The largest absolute Gasteiger partial charge is 0.369 e. The summed E-state index contributed by atoms with van der Waals surface area (Å²) in [5.41, 5.74) is 2.29. The van der Waals surface area contributed by atoms with Crippen LogP contribution in [0.1, 0.15) is 0 Å². The number of piperazine rings is 1. The Balaban J connectivity index is 1.35. The molecular formula is C18H20N6. The van der Waals surface area contributed by atoms with E-state index >= 15 is 0 Å². The second-order valence-electron chi connectivity index (χ2n) is 5.93. The molecule has 6 nitrogen and oxygen atoms in total. The van der Waals surface area contributed by atoms with Crippen molar-refractivity contribution in [2.45, 2.75) is 6.67 Å². The highest BCUT2D eigenvalue weighted by molar-refractivity contribution is 5.53. The predicted octanol–water partition coefficient (Wildman–Crippen LogP) is 2.12. The van der Waals surface area contributed by atoms with Crippen molar-refractivity contribution < 1.29 is 0 Å². The van der Waals surface area contributed by atoms with E-state index in [4.69, 9.17) is 0 Å². The zero-order chi connectivity index (χ0) is 16.2. The van der Waals surface area contributed by atoms with E-state index in [2.05, 4.69) is 55.5 Å². The number of nitrogens with zero attached hydrogens (tertiary/aromatic N) is 6. The van der Waals surface area contributed by atoms with Gasteiger partial charge < -0.3 is 4.90 Å². The highest BCUT2D eigenvalue weighted by Crippen LogP contribution is 2.16. The van der Waals surface area contributed by atoms with Crippen molar-refractivity contribution in [2.24, 2.45) is 0 Å². The third kappa shape index (κ3) is 3.28. The molecule has 0 atom stereocenters. The Labute approximate surface area is 141 Å². The number of tetrazole rings is 1. The minimum atomic E-state index is 0.679. The highest BCUT2D eigenvalue weighted by atomic mass is 15.6. The maximum Gasteiger partial charge on any atom is 0.204 e. The summed E-state index contributed by atoms with van der Waals surface area (Å²) in [6, 6.07) is 20.5. The smallest absolute Gasteiger partial charge is 0.204 e. The van der Waals surface area contributed by atoms with Crippen LogP contribution in [0.4, 0.5) is 5.69 Å². The molecule has 6 heteroatoms. The second-order valence-corrected chi connectivity index (χ2v) is 5.93. The standard InChI is InChI=1S/C18H20N6/c1-3-7-16(8-4-1)18-19-21-24(20-18)15-22-11-13-23(14-12-22)17-9-5-2-6-10-17/h1-10H,11-15H2. The average molecular weight is 320 g/mol. The molecule has 0 saturated carbocycles. The average Bonchev–Trinajstić information content (AvgIpc) is 3.12. The van der Waals surface area contributed by atoms with Crippen LogP contribution in [0, 0.1) is 0 Å². The number of hydrogen-bond acceptors (Lipinski definition) is 5. The number of para-hydroxylation sites is 1. The lowest BCUT2D eigenvalue weighted by atomic mass is 10.2. The van der Waals surface area contributed by atoms with Crippen LogP contribution >= 0.6 is 0 Å². The van der Waals surface area contributed by atoms with Gasteiger partial charge in [0.15, 0.2) is 0 Å². The molecule has 1 saturated heterocycles. The molecule has 1 fully saturated rings. The number of aromatic nitrogens is 4. The molecule has 0 spiro atoms. The third-order valence-corrected chi connectivity index (χ3v) is 4.30. The van der Waals surface area contributed by atoms with Gasteiger partial charge in [0.2, 0.25) is 5.82 Å². The zero-order valence-corrected chi connectivity index (χ0v) is 13.5. The Morgan fingerprint density at radius 1 is 0.792 bits per heavy atom. The minimum Gasteiger partial charge on any atom is -0.369 e. The minimum absolute atomic E-state index is 0.679. The molecule has 0 amide bonds. The Bertz CT molecular complexity index is 762. The molecule has 1 aliphatic heterocycles. The van der Waals surface area contributed by atoms with E-state index in [0.29, 0.717) is 12.5 Å². The zero-order valence-electron chi connectivity index (χ0n) is 13.5. The number of benzene rings is 2. The van der Waals surface area contributed by atoms with E-state index in [-0.39, 0.29) is 0 Å². The maximum atomic E-state index is 4.49. The van der Waals surface area contributed by atoms with Crippen LogP contribution in [0.2, 0.25) is 0 Å². The van der Waals surface area contributed by atoms with Crippen LogP contribution in [-0.2, 0) is 6.67 Å². The van der Waals surface area contributed by atoms with Gasteiger partial charge in [-0.2, -0.15) is 0 Å². The first-order valence-electron chi connectivity index (χ1n) is 8.24. The topological polar surface area (TPSA) is 50.1 Å². The summed E-state index contributed by atoms with van der Waals surface area (Å²) in [5, 5.41) is 12.8. The van der Waals surface area contributed by atoms with Crippen LogP contribution in [0.25, 0.3) is 11.4 Å². The van der Waals surface area contributed by atoms with Crippen molar-refractivity contribution in [2.75, 3.05) is 31.1 Å². The van der Waals surface area contributed by atoms with Gasteiger partial charge in [0.25, 0.3) is 0 Å². The Morgan fingerprint density at radius 3 is 2.17 bits per heavy atom. The molecule has 4 rings (SSSR count). The summed E-state index contributed by atoms with van der Waals surface area (Å²) in [4.78, 5) is 6.46. The summed E-state index contributed by atoms with van der Waals surface area (Å²) in [6.07, 6.45) is 0. The first-order chi connectivity index (χ1) is 11.9. The molecule has 2 heterocycles. The van der Waals surface area contributed by atoms with Crippen LogP contribution in [0.3, 0.4) is 0 Å². The van der Waals surface area contributed by atoms with Gasteiger partial charge in [0.05, 0.1) is 0 Å². The quantitative estimate of drug-likeness (QED) is 0.737. The fourth-order valence-corrected chi connectivity index (χ4v) is 2.97. The molecule has 1 aliphatic rings. The van der Waals surface area contributed by atoms with Crippen LogP contribution in [0.15, 0.2) is 60.7 Å². The van der Waals surface area contributed by atoms with E-state index in [9.17, 15) is 0 Å². The normalized spacial score (nSPS) is 15.6. The molecule has 2 aromatic carbocycles. The van der Waals surface area contributed by atoms with E-state index in [1.54, 1.807) is 4.80 Å². The van der Waals surface area contributed by atoms with E-state index in [1.165, 1.54) is 5.69 Å². The van der Waals surface area contributed by atoms with Crippen molar-refractivity contribution in [3.63, 3.8) is 0 Å². The fraction of sp³-hybridized carbons (Fsp3) is 0.278. The number of anilines is 1.